The lowest BCUT2D eigenvalue weighted by Gasteiger charge is -2.07. The fourth-order valence-electron chi connectivity index (χ4n) is 1.87. The highest BCUT2D eigenvalue weighted by Gasteiger charge is 2.17. The highest BCUT2D eigenvalue weighted by Crippen LogP contribution is 2.17. The Balaban J connectivity index is 2.07. The first-order valence-corrected chi connectivity index (χ1v) is 7.86. The van der Waals surface area contributed by atoms with Crippen molar-refractivity contribution in [1.29, 1.82) is 0 Å². The molecule has 6 nitrogen and oxygen atoms in total. The summed E-state index contributed by atoms with van der Waals surface area (Å²) in [7, 11) is -3.88. The third-order valence-corrected chi connectivity index (χ3v) is 4.44. The van der Waals surface area contributed by atoms with Crippen molar-refractivity contribution in [3.63, 3.8) is 0 Å². The van der Waals surface area contributed by atoms with Crippen molar-refractivity contribution >= 4 is 15.7 Å². The van der Waals surface area contributed by atoms with E-state index in [9.17, 15) is 22.9 Å². The van der Waals surface area contributed by atoms with E-state index in [0.717, 1.165) is 6.07 Å². The quantitative estimate of drug-likeness (QED) is 0.652. The van der Waals surface area contributed by atoms with Crippen LogP contribution < -0.4 is 4.72 Å². The Morgan fingerprint density at radius 2 is 1.86 bits per heavy atom. The lowest BCUT2D eigenvalue weighted by atomic mass is 10.1. The molecule has 0 fully saturated rings. The highest BCUT2D eigenvalue weighted by atomic mass is 32.2. The van der Waals surface area contributed by atoms with E-state index in [-0.39, 0.29) is 23.5 Å². The van der Waals surface area contributed by atoms with Gasteiger partial charge in [-0.25, -0.2) is 17.5 Å². The lowest BCUT2D eigenvalue weighted by Crippen LogP contribution is -2.26. The number of sulfonamides is 1. The zero-order valence-electron chi connectivity index (χ0n) is 11.4. The monoisotopic (exact) mass is 324 g/mol. The van der Waals surface area contributed by atoms with Gasteiger partial charge in [-0.05, 0) is 24.1 Å². The van der Waals surface area contributed by atoms with Gasteiger partial charge in [-0.1, -0.05) is 24.3 Å². The lowest BCUT2D eigenvalue weighted by molar-refractivity contribution is -0.385. The van der Waals surface area contributed by atoms with E-state index < -0.39 is 20.8 Å². The molecule has 0 aliphatic rings. The van der Waals surface area contributed by atoms with Gasteiger partial charge < -0.3 is 0 Å². The number of halogens is 1. The molecule has 2 aromatic rings. The summed E-state index contributed by atoms with van der Waals surface area (Å²) in [6.45, 7) is -0.00798. The number of nitro benzene ring substituents is 1. The van der Waals surface area contributed by atoms with Gasteiger partial charge in [0.1, 0.15) is 5.82 Å². The largest absolute Gasteiger partial charge is 0.270 e. The molecule has 2 rings (SSSR count). The number of non-ortho nitro benzene ring substituents is 1. The van der Waals surface area contributed by atoms with Crippen LogP contribution >= 0.6 is 0 Å². The van der Waals surface area contributed by atoms with Gasteiger partial charge in [0.2, 0.25) is 10.0 Å². The van der Waals surface area contributed by atoms with Crippen molar-refractivity contribution in [3.05, 3.63) is 70.0 Å². The molecule has 116 valence electrons. The topological polar surface area (TPSA) is 89.3 Å². The molecule has 0 saturated heterocycles. The van der Waals surface area contributed by atoms with Gasteiger partial charge in [-0.2, -0.15) is 0 Å². The zero-order valence-corrected chi connectivity index (χ0v) is 12.2. The first kappa shape index (κ1) is 16.1. The number of nitro groups is 1. The Hall–Kier alpha value is -2.32. The molecular weight excluding hydrogens is 311 g/mol. The molecule has 1 N–H and O–H groups in total. The van der Waals surface area contributed by atoms with E-state index in [2.05, 4.69) is 4.72 Å². The third-order valence-electron chi connectivity index (χ3n) is 2.98. The molecule has 0 unspecified atom stereocenters. The minimum atomic E-state index is -3.88. The van der Waals surface area contributed by atoms with E-state index in [4.69, 9.17) is 0 Å². The maximum Gasteiger partial charge on any atom is 0.270 e. The molecule has 0 bridgehead atoms. The summed E-state index contributed by atoms with van der Waals surface area (Å²) in [6, 6.07) is 10.8. The van der Waals surface area contributed by atoms with Crippen LogP contribution in [0.15, 0.2) is 53.4 Å². The Morgan fingerprint density at radius 1 is 1.14 bits per heavy atom. The first-order chi connectivity index (χ1) is 10.4. The average Bonchev–Trinajstić information content (AvgIpc) is 2.49. The van der Waals surface area contributed by atoms with Gasteiger partial charge in [-0.15, -0.1) is 0 Å². The maximum absolute atomic E-state index is 13.4. The summed E-state index contributed by atoms with van der Waals surface area (Å²) in [5.74, 6) is -0.406. The summed E-state index contributed by atoms with van der Waals surface area (Å²) < 4.78 is 39.8. The summed E-state index contributed by atoms with van der Waals surface area (Å²) in [6.07, 6.45) is 0.181. The average molecular weight is 324 g/mol. The fraction of sp³-hybridized carbons (Fsp3) is 0.143. The Morgan fingerprint density at radius 3 is 2.55 bits per heavy atom. The molecule has 0 spiro atoms. The number of rotatable bonds is 6. The van der Waals surface area contributed by atoms with Crippen molar-refractivity contribution < 1.29 is 17.7 Å². The Bertz CT molecular complexity index is 793. The van der Waals surface area contributed by atoms with Crippen LogP contribution in [0.3, 0.4) is 0 Å². The van der Waals surface area contributed by atoms with Crippen molar-refractivity contribution in [2.45, 2.75) is 11.3 Å². The van der Waals surface area contributed by atoms with Crippen LogP contribution in [-0.2, 0) is 16.4 Å². The fourth-order valence-corrected chi connectivity index (χ4v) is 2.94. The molecule has 0 atom stereocenters. The molecular formula is C14H13FN2O4S. The normalized spacial score (nSPS) is 11.3. The predicted octanol–water partition coefficient (Wildman–Crippen LogP) is 2.25. The molecule has 0 heterocycles. The van der Waals surface area contributed by atoms with Gasteiger partial charge in [0.15, 0.2) is 0 Å². The van der Waals surface area contributed by atoms with Crippen molar-refractivity contribution in [2.24, 2.45) is 0 Å². The maximum atomic E-state index is 13.4. The molecule has 22 heavy (non-hydrogen) atoms. The number of hydrogen-bond donors (Lipinski definition) is 1. The van der Waals surface area contributed by atoms with E-state index in [1.165, 1.54) is 24.3 Å². The molecule has 0 aromatic heterocycles. The van der Waals surface area contributed by atoms with Crippen LogP contribution in [0.4, 0.5) is 10.1 Å². The number of nitrogens with zero attached hydrogens (tertiary/aromatic N) is 1. The first-order valence-electron chi connectivity index (χ1n) is 6.38. The number of nitrogens with one attached hydrogen (secondary N) is 1. The van der Waals surface area contributed by atoms with Crippen LogP contribution in [0.5, 0.6) is 0 Å². The van der Waals surface area contributed by atoms with E-state index in [0.29, 0.717) is 5.56 Å². The smallest absolute Gasteiger partial charge is 0.258 e. The number of hydrogen-bond acceptors (Lipinski definition) is 4. The van der Waals surface area contributed by atoms with Gasteiger partial charge in [-0.3, -0.25) is 10.1 Å². The van der Waals surface area contributed by atoms with Crippen LogP contribution in [-0.4, -0.2) is 19.9 Å². The molecule has 0 aliphatic heterocycles. The Labute approximate surface area is 126 Å². The van der Waals surface area contributed by atoms with Crippen molar-refractivity contribution in [3.8, 4) is 0 Å². The zero-order chi connectivity index (χ0) is 16.2. The minimum absolute atomic E-state index is 0.00798. The molecule has 0 saturated carbocycles. The van der Waals surface area contributed by atoms with Gasteiger partial charge in [0.25, 0.3) is 5.69 Å². The van der Waals surface area contributed by atoms with Gasteiger partial charge >= 0.3 is 0 Å². The molecule has 2 aromatic carbocycles. The summed E-state index contributed by atoms with van der Waals surface area (Å²) in [5, 5.41) is 10.7. The second kappa shape index (κ2) is 6.63. The van der Waals surface area contributed by atoms with E-state index >= 15 is 0 Å². The molecule has 8 heteroatoms. The van der Waals surface area contributed by atoms with Gasteiger partial charge in [0, 0.05) is 18.7 Å². The minimum Gasteiger partial charge on any atom is -0.258 e. The third kappa shape index (κ3) is 3.86. The second-order valence-corrected chi connectivity index (χ2v) is 6.26. The number of benzene rings is 2. The van der Waals surface area contributed by atoms with E-state index in [1.54, 1.807) is 18.2 Å². The van der Waals surface area contributed by atoms with Crippen LogP contribution in [0.1, 0.15) is 5.56 Å². The summed E-state index contributed by atoms with van der Waals surface area (Å²) in [4.78, 5) is 9.80. The van der Waals surface area contributed by atoms with Crippen LogP contribution in [0.25, 0.3) is 0 Å². The standard InChI is InChI=1S/C14H13FN2O4S/c15-14-7-2-1-4-11(14)8-9-16-22(20,21)13-6-3-5-12(10-13)17(18)19/h1-7,10,16H,8-9H2. The van der Waals surface area contributed by atoms with Crippen molar-refractivity contribution in [1.82, 2.24) is 4.72 Å². The second-order valence-electron chi connectivity index (χ2n) is 4.49. The van der Waals surface area contributed by atoms with E-state index in [1.807, 2.05) is 0 Å². The Kier molecular flexibility index (Phi) is 4.84. The van der Waals surface area contributed by atoms with Crippen LogP contribution in [0.2, 0.25) is 0 Å². The van der Waals surface area contributed by atoms with Crippen molar-refractivity contribution in [2.75, 3.05) is 6.54 Å². The molecule has 0 radical (unpaired) electrons. The summed E-state index contributed by atoms with van der Waals surface area (Å²) >= 11 is 0. The summed E-state index contributed by atoms with van der Waals surface area (Å²) in [5.41, 5.74) is 0.0845. The van der Waals surface area contributed by atoms with Gasteiger partial charge in [0.05, 0.1) is 9.82 Å². The van der Waals surface area contributed by atoms with Crippen LogP contribution in [0, 0.1) is 15.9 Å². The predicted molar refractivity (Wildman–Crippen MR) is 78.4 cm³/mol. The highest BCUT2D eigenvalue weighted by molar-refractivity contribution is 7.89. The molecule has 0 amide bonds. The SMILES string of the molecule is O=[N+]([O-])c1cccc(S(=O)(=O)NCCc2ccccc2F)c1. The molecule has 0 aliphatic carbocycles.